The zero-order valence-corrected chi connectivity index (χ0v) is 6.09. The zero-order chi connectivity index (χ0) is 10.1. The van der Waals surface area contributed by atoms with Gasteiger partial charge in [0.1, 0.15) is 12.9 Å². The smallest absolute Gasteiger partial charge is 0.247 e. The highest BCUT2D eigenvalue weighted by Crippen LogP contribution is 2.25. The molecule has 0 fully saturated rings. The fraction of sp³-hybridized carbons (Fsp3) is 0.600. The Morgan fingerprint density at radius 2 is 2.00 bits per heavy atom. The summed E-state index contributed by atoms with van der Waals surface area (Å²) in [4.78, 5) is 2.83. The summed E-state index contributed by atoms with van der Waals surface area (Å²) in [7, 11) is 0. The van der Waals surface area contributed by atoms with Gasteiger partial charge in [-0.2, -0.15) is 13.2 Å². The molecule has 74 valence electrons. The number of nitrogens with zero attached hydrogens (tertiary/aromatic N) is 3. The molecule has 0 aliphatic heterocycles. The molecule has 0 aliphatic rings. The van der Waals surface area contributed by atoms with Crippen LogP contribution in [0, 0.1) is 0 Å². The summed E-state index contributed by atoms with van der Waals surface area (Å²) in [6.07, 6.45) is -6.81. The van der Waals surface area contributed by atoms with Crippen molar-refractivity contribution in [2.45, 2.75) is 19.1 Å². The number of rotatable bonds is 2. The molecule has 3 nitrogen and oxygen atoms in total. The third kappa shape index (κ3) is 2.63. The minimum Gasteiger partial charge on any atom is -0.247 e. The summed E-state index contributed by atoms with van der Waals surface area (Å²) in [5.41, 5.74) is 0. The van der Waals surface area contributed by atoms with Crippen LogP contribution in [0.3, 0.4) is 0 Å². The van der Waals surface area contributed by atoms with Gasteiger partial charge in [0, 0.05) is 0 Å². The molecule has 0 aliphatic carbocycles. The molecular weight excluding hydrogens is 197 g/mol. The lowest BCUT2D eigenvalue weighted by Crippen LogP contribution is -2.11. The summed E-state index contributed by atoms with van der Waals surface area (Å²) >= 11 is 0. The maximum absolute atomic E-state index is 11.8. The van der Waals surface area contributed by atoms with E-state index in [2.05, 4.69) is 10.1 Å². The molecule has 0 spiro atoms. The van der Waals surface area contributed by atoms with Crippen LogP contribution in [0.15, 0.2) is 6.33 Å². The Bertz CT molecular complexity index is 278. The summed E-state index contributed by atoms with van der Waals surface area (Å²) in [6, 6.07) is 0. The first kappa shape index (κ1) is 9.87. The number of aromatic nitrogens is 3. The first-order valence-corrected chi connectivity index (χ1v) is 3.14. The van der Waals surface area contributed by atoms with Crippen molar-refractivity contribution in [2.24, 2.45) is 0 Å². The van der Waals surface area contributed by atoms with Crippen molar-refractivity contribution >= 4 is 0 Å². The predicted octanol–water partition coefficient (Wildman–Crippen LogP) is 1.56. The van der Waals surface area contributed by atoms with Crippen LogP contribution >= 0.6 is 0 Å². The van der Waals surface area contributed by atoms with Crippen LogP contribution in [-0.2, 0) is 12.7 Å². The second kappa shape index (κ2) is 3.27. The molecular formula is C5H4F5N3. The topological polar surface area (TPSA) is 30.7 Å². The minimum atomic E-state index is -4.69. The molecule has 0 atom stereocenters. The Morgan fingerprint density at radius 3 is 2.38 bits per heavy atom. The lowest BCUT2D eigenvalue weighted by atomic mass is 10.6. The number of hydrogen-bond donors (Lipinski definition) is 0. The fourth-order valence-corrected chi connectivity index (χ4v) is 0.654. The van der Waals surface area contributed by atoms with Gasteiger partial charge in [0.2, 0.25) is 0 Å². The third-order valence-corrected chi connectivity index (χ3v) is 1.12. The molecule has 8 heteroatoms. The van der Waals surface area contributed by atoms with Gasteiger partial charge in [-0.25, -0.2) is 18.4 Å². The molecule has 0 saturated carbocycles. The van der Waals surface area contributed by atoms with E-state index in [0.29, 0.717) is 11.0 Å². The molecule has 0 saturated heterocycles. The van der Waals surface area contributed by atoms with E-state index in [1.54, 1.807) is 0 Å². The normalized spacial score (nSPS) is 12.5. The van der Waals surface area contributed by atoms with Crippen LogP contribution in [0.4, 0.5) is 22.0 Å². The van der Waals surface area contributed by atoms with E-state index in [9.17, 15) is 22.0 Å². The summed E-state index contributed by atoms with van der Waals surface area (Å²) in [5, 5.41) is 2.82. The SMILES string of the molecule is FC(F)Cn1cnc(C(F)(F)F)n1. The average Bonchev–Trinajstić information content (AvgIpc) is 2.32. The highest BCUT2D eigenvalue weighted by atomic mass is 19.4. The van der Waals surface area contributed by atoms with Crippen molar-refractivity contribution in [1.29, 1.82) is 0 Å². The quantitative estimate of drug-likeness (QED) is 0.680. The Hall–Kier alpha value is -1.21. The molecule has 1 heterocycles. The van der Waals surface area contributed by atoms with Crippen molar-refractivity contribution < 1.29 is 22.0 Å². The minimum absolute atomic E-state index is 0.452. The van der Waals surface area contributed by atoms with Crippen molar-refractivity contribution in [3.63, 3.8) is 0 Å². The zero-order valence-electron chi connectivity index (χ0n) is 6.09. The van der Waals surface area contributed by atoms with Gasteiger partial charge < -0.3 is 0 Å². The van der Waals surface area contributed by atoms with Crippen molar-refractivity contribution in [2.75, 3.05) is 0 Å². The largest absolute Gasteiger partial charge is 0.453 e. The maximum Gasteiger partial charge on any atom is 0.453 e. The van der Waals surface area contributed by atoms with Gasteiger partial charge in [-0.15, -0.1) is 5.10 Å². The van der Waals surface area contributed by atoms with Gasteiger partial charge in [0.25, 0.3) is 12.2 Å². The first-order chi connectivity index (χ1) is 5.89. The van der Waals surface area contributed by atoms with Gasteiger partial charge in [-0.3, -0.25) is 0 Å². The Labute approximate surface area is 69.2 Å². The van der Waals surface area contributed by atoms with Crippen LogP contribution in [-0.4, -0.2) is 21.2 Å². The van der Waals surface area contributed by atoms with E-state index in [-0.39, 0.29) is 0 Å². The van der Waals surface area contributed by atoms with E-state index in [0.717, 1.165) is 0 Å². The van der Waals surface area contributed by atoms with Gasteiger partial charge in [0.15, 0.2) is 0 Å². The summed E-state index contributed by atoms with van der Waals surface area (Å²) in [5.74, 6) is -1.41. The lowest BCUT2D eigenvalue weighted by Gasteiger charge is -1.99. The van der Waals surface area contributed by atoms with Gasteiger partial charge in [-0.05, 0) is 0 Å². The van der Waals surface area contributed by atoms with Crippen LogP contribution in [0.25, 0.3) is 0 Å². The van der Waals surface area contributed by atoms with E-state index >= 15 is 0 Å². The van der Waals surface area contributed by atoms with Crippen molar-refractivity contribution in [1.82, 2.24) is 14.8 Å². The Kier molecular flexibility index (Phi) is 2.48. The highest BCUT2D eigenvalue weighted by Gasteiger charge is 2.35. The fourth-order valence-electron chi connectivity index (χ4n) is 0.654. The number of halogens is 5. The second-order valence-corrected chi connectivity index (χ2v) is 2.18. The molecule has 1 rings (SSSR count). The molecule has 0 bridgehead atoms. The molecule has 0 N–H and O–H groups in total. The molecule has 1 aromatic heterocycles. The molecule has 13 heavy (non-hydrogen) atoms. The van der Waals surface area contributed by atoms with E-state index in [4.69, 9.17) is 0 Å². The first-order valence-electron chi connectivity index (χ1n) is 3.14. The Balaban J connectivity index is 2.75. The van der Waals surface area contributed by atoms with Crippen molar-refractivity contribution in [3.8, 4) is 0 Å². The number of hydrogen-bond acceptors (Lipinski definition) is 2. The van der Waals surface area contributed by atoms with E-state index < -0.39 is 25.0 Å². The van der Waals surface area contributed by atoms with E-state index in [1.165, 1.54) is 0 Å². The van der Waals surface area contributed by atoms with Gasteiger partial charge >= 0.3 is 6.18 Å². The van der Waals surface area contributed by atoms with Crippen LogP contribution in [0.5, 0.6) is 0 Å². The standard InChI is InChI=1S/C5H4F5N3/c6-3(7)1-13-2-11-4(12-13)5(8,9)10/h2-3H,1H2. The summed E-state index contributed by atoms with van der Waals surface area (Å²) < 4.78 is 59.2. The maximum atomic E-state index is 11.8. The van der Waals surface area contributed by atoms with E-state index in [1.807, 2.05) is 0 Å². The van der Waals surface area contributed by atoms with Crippen LogP contribution < -0.4 is 0 Å². The second-order valence-electron chi connectivity index (χ2n) is 2.18. The van der Waals surface area contributed by atoms with Gasteiger partial charge in [0.05, 0.1) is 0 Å². The van der Waals surface area contributed by atoms with Gasteiger partial charge in [-0.1, -0.05) is 0 Å². The van der Waals surface area contributed by atoms with Crippen LogP contribution in [0.1, 0.15) is 5.82 Å². The molecule has 0 unspecified atom stereocenters. The number of alkyl halides is 5. The third-order valence-electron chi connectivity index (χ3n) is 1.12. The monoisotopic (exact) mass is 201 g/mol. The molecule has 1 aromatic rings. The average molecular weight is 201 g/mol. The highest BCUT2D eigenvalue weighted by molar-refractivity contribution is 4.87. The molecule has 0 radical (unpaired) electrons. The van der Waals surface area contributed by atoms with Crippen molar-refractivity contribution in [3.05, 3.63) is 12.2 Å². The molecule has 0 aromatic carbocycles. The predicted molar refractivity (Wildman–Crippen MR) is 31.0 cm³/mol. The molecule has 0 amide bonds. The van der Waals surface area contributed by atoms with Crippen LogP contribution in [0.2, 0.25) is 0 Å². The lowest BCUT2D eigenvalue weighted by molar-refractivity contribution is -0.145. The Morgan fingerprint density at radius 1 is 1.38 bits per heavy atom. The summed E-state index contributed by atoms with van der Waals surface area (Å²) in [6.45, 7) is -0.886.